The first-order valence-corrected chi connectivity index (χ1v) is 7.44. The van der Waals surface area contributed by atoms with Gasteiger partial charge in [0.2, 0.25) is 0 Å². The van der Waals surface area contributed by atoms with E-state index in [0.717, 1.165) is 6.42 Å². The summed E-state index contributed by atoms with van der Waals surface area (Å²) in [4.78, 5) is 0.0318. The first-order chi connectivity index (χ1) is 7.93. The van der Waals surface area contributed by atoms with E-state index < -0.39 is 9.05 Å². The van der Waals surface area contributed by atoms with Gasteiger partial charge >= 0.3 is 0 Å². The van der Waals surface area contributed by atoms with Gasteiger partial charge in [0, 0.05) is 16.7 Å². The van der Waals surface area contributed by atoms with Crippen LogP contribution in [-0.2, 0) is 15.5 Å². The van der Waals surface area contributed by atoms with Crippen LogP contribution >= 0.6 is 10.7 Å². The van der Waals surface area contributed by atoms with Gasteiger partial charge in [0.15, 0.2) is 0 Å². The Morgan fingerprint density at radius 2 is 1.88 bits per heavy atom. The summed E-state index contributed by atoms with van der Waals surface area (Å²) in [6, 6.07) is 3.18. The van der Waals surface area contributed by atoms with Crippen molar-refractivity contribution in [2.45, 2.75) is 24.7 Å². The molecule has 4 nitrogen and oxygen atoms in total. The summed E-state index contributed by atoms with van der Waals surface area (Å²) in [5.41, 5.74) is 0.610. The van der Waals surface area contributed by atoms with E-state index in [4.69, 9.17) is 20.2 Å². The zero-order valence-corrected chi connectivity index (χ0v) is 11.6. The maximum absolute atomic E-state index is 11.6. The fourth-order valence-electron chi connectivity index (χ4n) is 1.63. The van der Waals surface area contributed by atoms with Crippen molar-refractivity contribution < 1.29 is 17.9 Å². The van der Waals surface area contributed by atoms with Crippen LogP contribution in [0.2, 0.25) is 0 Å². The van der Waals surface area contributed by atoms with Gasteiger partial charge in [-0.2, -0.15) is 0 Å². The van der Waals surface area contributed by atoms with Crippen molar-refractivity contribution in [1.82, 2.24) is 0 Å². The number of hydrogen-bond acceptors (Lipinski definition) is 4. The van der Waals surface area contributed by atoms with E-state index >= 15 is 0 Å². The number of rotatable bonds is 5. The van der Waals surface area contributed by atoms with Crippen molar-refractivity contribution >= 4 is 19.7 Å². The summed E-state index contributed by atoms with van der Waals surface area (Å²) in [5, 5.41) is 0. The molecule has 1 aromatic rings. The molecule has 0 amide bonds. The fourth-order valence-corrected chi connectivity index (χ4v) is 3.02. The molecule has 0 heterocycles. The second kappa shape index (κ2) is 5.60. The van der Waals surface area contributed by atoms with Gasteiger partial charge in [-0.05, 0) is 18.1 Å². The lowest BCUT2D eigenvalue weighted by molar-refractivity contribution is 0.385. The topological polar surface area (TPSA) is 52.6 Å². The molecule has 0 aliphatic rings. The number of ether oxygens (including phenoxy) is 2. The molecule has 0 fully saturated rings. The summed E-state index contributed by atoms with van der Waals surface area (Å²) in [5.74, 6) is 0.761. The highest BCUT2D eigenvalue weighted by Crippen LogP contribution is 2.35. The molecule has 0 spiro atoms. The molecule has 0 atom stereocenters. The Morgan fingerprint density at radius 3 is 2.29 bits per heavy atom. The minimum atomic E-state index is -3.83. The van der Waals surface area contributed by atoms with Crippen LogP contribution in [0.1, 0.15) is 18.9 Å². The predicted molar refractivity (Wildman–Crippen MR) is 66.6 cm³/mol. The van der Waals surface area contributed by atoms with Gasteiger partial charge in [0.1, 0.15) is 16.4 Å². The van der Waals surface area contributed by atoms with Crippen LogP contribution in [0, 0.1) is 0 Å². The minimum absolute atomic E-state index is 0.0318. The van der Waals surface area contributed by atoms with Crippen molar-refractivity contribution in [3.8, 4) is 11.5 Å². The van der Waals surface area contributed by atoms with Crippen LogP contribution in [0.3, 0.4) is 0 Å². The van der Waals surface area contributed by atoms with Crippen LogP contribution in [0.25, 0.3) is 0 Å². The molecule has 0 saturated heterocycles. The summed E-state index contributed by atoms with van der Waals surface area (Å²) in [6.45, 7) is 1.95. The largest absolute Gasteiger partial charge is 0.497 e. The molecule has 0 radical (unpaired) electrons. The average molecular weight is 279 g/mol. The molecule has 0 saturated carbocycles. The Kier molecular flexibility index (Phi) is 4.65. The second-order valence-electron chi connectivity index (χ2n) is 3.51. The lowest BCUT2D eigenvalue weighted by Crippen LogP contribution is -2.03. The van der Waals surface area contributed by atoms with Gasteiger partial charge in [-0.3, -0.25) is 0 Å². The Labute approximate surface area is 106 Å². The molecule has 0 aliphatic heterocycles. The maximum Gasteiger partial charge on any atom is 0.265 e. The number of methoxy groups -OCH3 is 2. The maximum atomic E-state index is 11.6. The molecule has 0 aliphatic carbocycles. The number of hydrogen-bond donors (Lipinski definition) is 0. The summed E-state index contributed by atoms with van der Waals surface area (Å²) in [7, 11) is 4.51. The van der Waals surface area contributed by atoms with Crippen molar-refractivity contribution in [3.63, 3.8) is 0 Å². The molecular weight excluding hydrogens is 264 g/mol. The highest BCUT2D eigenvalue weighted by Gasteiger charge is 2.22. The van der Waals surface area contributed by atoms with Gasteiger partial charge in [-0.25, -0.2) is 8.42 Å². The van der Waals surface area contributed by atoms with Crippen molar-refractivity contribution in [1.29, 1.82) is 0 Å². The first-order valence-electron chi connectivity index (χ1n) is 5.13. The standard InChI is InChI=1S/C11H15ClO4S/c1-4-5-8-6-9(15-2)7-10(16-3)11(8)17(12,13)14/h6-7H,4-5H2,1-3H3. The van der Waals surface area contributed by atoms with Gasteiger partial charge in [-0.15, -0.1) is 0 Å². The van der Waals surface area contributed by atoms with Crippen LogP contribution in [0.4, 0.5) is 0 Å². The third-order valence-electron chi connectivity index (χ3n) is 2.32. The highest BCUT2D eigenvalue weighted by molar-refractivity contribution is 8.13. The quantitative estimate of drug-likeness (QED) is 0.777. The van der Waals surface area contributed by atoms with Crippen molar-refractivity contribution in [2.24, 2.45) is 0 Å². The third-order valence-corrected chi connectivity index (χ3v) is 3.74. The summed E-state index contributed by atoms with van der Waals surface area (Å²) in [6.07, 6.45) is 1.39. The van der Waals surface area contributed by atoms with E-state index in [1.54, 1.807) is 6.07 Å². The van der Waals surface area contributed by atoms with E-state index in [-0.39, 0.29) is 10.6 Å². The van der Waals surface area contributed by atoms with Gasteiger partial charge < -0.3 is 9.47 Å². The van der Waals surface area contributed by atoms with Crippen LogP contribution in [0.15, 0.2) is 17.0 Å². The molecule has 0 bridgehead atoms. The van der Waals surface area contributed by atoms with Crippen LogP contribution < -0.4 is 9.47 Å². The summed E-state index contributed by atoms with van der Waals surface area (Å²) < 4.78 is 33.3. The fraction of sp³-hybridized carbons (Fsp3) is 0.455. The van der Waals surface area contributed by atoms with E-state index in [1.165, 1.54) is 20.3 Å². The number of aryl methyl sites for hydroxylation is 1. The summed E-state index contributed by atoms with van der Waals surface area (Å²) >= 11 is 0. The van der Waals surface area contributed by atoms with E-state index in [0.29, 0.717) is 17.7 Å². The van der Waals surface area contributed by atoms with Gasteiger partial charge in [0.05, 0.1) is 14.2 Å². The van der Waals surface area contributed by atoms with E-state index in [1.807, 2.05) is 6.92 Å². The number of halogens is 1. The van der Waals surface area contributed by atoms with E-state index in [9.17, 15) is 8.42 Å². The monoisotopic (exact) mass is 278 g/mol. The Balaban J connectivity index is 3.52. The molecular formula is C11H15ClO4S. The Hall–Kier alpha value is -0.940. The van der Waals surface area contributed by atoms with Crippen molar-refractivity contribution in [2.75, 3.05) is 14.2 Å². The molecule has 96 valence electrons. The molecule has 1 aromatic carbocycles. The molecule has 1 rings (SSSR count). The lowest BCUT2D eigenvalue weighted by atomic mass is 10.1. The van der Waals surface area contributed by atoms with Gasteiger partial charge in [-0.1, -0.05) is 13.3 Å². The lowest BCUT2D eigenvalue weighted by Gasteiger charge is -2.13. The zero-order chi connectivity index (χ0) is 13.1. The highest BCUT2D eigenvalue weighted by atomic mass is 35.7. The Morgan fingerprint density at radius 1 is 1.24 bits per heavy atom. The second-order valence-corrected chi connectivity index (χ2v) is 6.01. The van der Waals surface area contributed by atoms with Gasteiger partial charge in [0.25, 0.3) is 9.05 Å². The van der Waals surface area contributed by atoms with Crippen molar-refractivity contribution in [3.05, 3.63) is 17.7 Å². The first kappa shape index (κ1) is 14.1. The molecule has 0 unspecified atom stereocenters. The number of benzene rings is 1. The third kappa shape index (κ3) is 3.26. The average Bonchev–Trinajstić information content (AvgIpc) is 2.26. The minimum Gasteiger partial charge on any atom is -0.497 e. The van der Waals surface area contributed by atoms with Crippen LogP contribution in [0.5, 0.6) is 11.5 Å². The molecule has 0 N–H and O–H groups in total. The normalized spacial score (nSPS) is 11.3. The predicted octanol–water partition coefficient (Wildman–Crippen LogP) is 2.58. The smallest absolute Gasteiger partial charge is 0.265 e. The molecule has 17 heavy (non-hydrogen) atoms. The molecule has 0 aromatic heterocycles. The van der Waals surface area contributed by atoms with E-state index in [2.05, 4.69) is 0 Å². The SMILES string of the molecule is CCCc1cc(OC)cc(OC)c1S(=O)(=O)Cl. The van der Waals surface area contributed by atoms with Crippen LogP contribution in [-0.4, -0.2) is 22.6 Å². The zero-order valence-electron chi connectivity index (χ0n) is 9.99. The molecule has 6 heteroatoms. The Bertz CT molecular complexity index is 496.